The fourth-order valence-corrected chi connectivity index (χ4v) is 1.93. The highest BCUT2D eigenvalue weighted by Gasteiger charge is 2.05. The highest BCUT2D eigenvalue weighted by Crippen LogP contribution is 2.26. The number of nitrogens with two attached hydrogens (primary N) is 1. The number of benzene rings is 1. The van der Waals surface area contributed by atoms with Gasteiger partial charge in [0.25, 0.3) is 0 Å². The topological polar surface area (TPSA) is 61.0 Å². The standard InChI is InChI=1S/C12H12BrN3O/c1-7-5-9(13)3-4-10(7)17-12-6-11(14)15-8(2)16-12/h3-6H,1-2H3,(H2,14,15,16). The first-order valence-corrected chi connectivity index (χ1v) is 5.89. The summed E-state index contributed by atoms with van der Waals surface area (Å²) in [6.07, 6.45) is 0. The van der Waals surface area contributed by atoms with Crippen LogP contribution in [0.2, 0.25) is 0 Å². The van der Waals surface area contributed by atoms with Gasteiger partial charge in [0.2, 0.25) is 5.88 Å². The zero-order chi connectivity index (χ0) is 12.4. The Labute approximate surface area is 108 Å². The third kappa shape index (κ3) is 2.94. The van der Waals surface area contributed by atoms with Gasteiger partial charge in [0.15, 0.2) is 0 Å². The molecule has 0 bridgehead atoms. The van der Waals surface area contributed by atoms with Crippen molar-refractivity contribution in [3.63, 3.8) is 0 Å². The van der Waals surface area contributed by atoms with E-state index in [2.05, 4.69) is 25.9 Å². The monoisotopic (exact) mass is 293 g/mol. The third-order valence-corrected chi connectivity index (χ3v) is 2.68. The smallest absolute Gasteiger partial charge is 0.224 e. The van der Waals surface area contributed by atoms with Crippen molar-refractivity contribution < 1.29 is 4.74 Å². The van der Waals surface area contributed by atoms with Crippen molar-refractivity contribution in [2.24, 2.45) is 0 Å². The Morgan fingerprint density at radius 2 is 1.94 bits per heavy atom. The molecule has 1 aromatic carbocycles. The van der Waals surface area contributed by atoms with Crippen molar-refractivity contribution in [1.29, 1.82) is 0 Å². The summed E-state index contributed by atoms with van der Waals surface area (Å²) in [5.74, 6) is 2.21. The fraction of sp³-hybridized carbons (Fsp3) is 0.167. The van der Waals surface area contributed by atoms with Gasteiger partial charge < -0.3 is 10.5 Å². The Hall–Kier alpha value is -1.62. The van der Waals surface area contributed by atoms with E-state index in [9.17, 15) is 0 Å². The predicted molar refractivity (Wildman–Crippen MR) is 70.1 cm³/mol. The van der Waals surface area contributed by atoms with Crippen molar-refractivity contribution in [1.82, 2.24) is 9.97 Å². The van der Waals surface area contributed by atoms with E-state index in [1.165, 1.54) is 0 Å². The van der Waals surface area contributed by atoms with E-state index in [0.29, 0.717) is 17.5 Å². The number of halogens is 1. The van der Waals surface area contributed by atoms with Crippen molar-refractivity contribution in [2.75, 3.05) is 5.73 Å². The Morgan fingerprint density at radius 3 is 2.59 bits per heavy atom. The van der Waals surface area contributed by atoms with Crippen LogP contribution >= 0.6 is 15.9 Å². The molecule has 0 aliphatic heterocycles. The highest BCUT2D eigenvalue weighted by atomic mass is 79.9. The Bertz CT molecular complexity index is 537. The molecule has 17 heavy (non-hydrogen) atoms. The van der Waals surface area contributed by atoms with Gasteiger partial charge in [-0.15, -0.1) is 0 Å². The maximum Gasteiger partial charge on any atom is 0.224 e. The van der Waals surface area contributed by atoms with Crippen LogP contribution in [0.15, 0.2) is 28.7 Å². The van der Waals surface area contributed by atoms with Crippen LogP contribution in [-0.4, -0.2) is 9.97 Å². The SMILES string of the molecule is Cc1nc(N)cc(Oc2ccc(Br)cc2C)n1. The molecule has 0 aliphatic rings. The number of nitrogen functional groups attached to an aromatic ring is 1. The van der Waals surface area contributed by atoms with Gasteiger partial charge in [-0.25, -0.2) is 4.98 Å². The van der Waals surface area contributed by atoms with Crippen LogP contribution in [0.25, 0.3) is 0 Å². The first-order chi connectivity index (χ1) is 8.04. The molecule has 1 aromatic heterocycles. The van der Waals surface area contributed by atoms with Gasteiger partial charge >= 0.3 is 0 Å². The van der Waals surface area contributed by atoms with Crippen LogP contribution in [0.5, 0.6) is 11.6 Å². The van der Waals surface area contributed by atoms with Gasteiger partial charge in [-0.1, -0.05) is 15.9 Å². The van der Waals surface area contributed by atoms with E-state index < -0.39 is 0 Å². The Balaban J connectivity index is 2.31. The van der Waals surface area contributed by atoms with Gasteiger partial charge in [-0.2, -0.15) is 4.98 Å². The average Bonchev–Trinajstić information content (AvgIpc) is 2.21. The van der Waals surface area contributed by atoms with Gasteiger partial charge in [0.1, 0.15) is 17.4 Å². The van der Waals surface area contributed by atoms with Crippen LogP contribution in [0, 0.1) is 13.8 Å². The number of aryl methyl sites for hydroxylation is 2. The number of rotatable bonds is 2. The lowest BCUT2D eigenvalue weighted by Gasteiger charge is -2.08. The first-order valence-electron chi connectivity index (χ1n) is 5.10. The Kier molecular flexibility index (Phi) is 3.28. The molecule has 2 aromatic rings. The van der Waals surface area contributed by atoms with Crippen LogP contribution in [0.4, 0.5) is 5.82 Å². The quantitative estimate of drug-likeness (QED) is 0.923. The summed E-state index contributed by atoms with van der Waals surface area (Å²) in [6.45, 7) is 3.75. The molecule has 2 N–H and O–H groups in total. The summed E-state index contributed by atoms with van der Waals surface area (Å²) < 4.78 is 6.69. The van der Waals surface area contributed by atoms with Gasteiger partial charge in [-0.05, 0) is 37.6 Å². The van der Waals surface area contributed by atoms with E-state index in [-0.39, 0.29) is 0 Å². The molecule has 0 amide bonds. The van der Waals surface area contributed by atoms with Crippen LogP contribution in [0.1, 0.15) is 11.4 Å². The molecule has 2 rings (SSSR count). The number of ether oxygens (including phenoxy) is 1. The molecule has 0 atom stereocenters. The zero-order valence-electron chi connectivity index (χ0n) is 9.57. The predicted octanol–water partition coefficient (Wildman–Crippen LogP) is 3.23. The first kappa shape index (κ1) is 11.9. The van der Waals surface area contributed by atoms with Crippen LogP contribution in [-0.2, 0) is 0 Å². The van der Waals surface area contributed by atoms with Gasteiger partial charge in [-0.3, -0.25) is 0 Å². The number of anilines is 1. The molecular formula is C12H12BrN3O. The second-order valence-corrected chi connectivity index (χ2v) is 4.61. The maximum absolute atomic E-state index is 5.67. The van der Waals surface area contributed by atoms with Crippen molar-refractivity contribution >= 4 is 21.7 Å². The summed E-state index contributed by atoms with van der Waals surface area (Å²) in [6, 6.07) is 7.38. The number of aromatic nitrogens is 2. The van der Waals surface area contributed by atoms with Crippen molar-refractivity contribution in [2.45, 2.75) is 13.8 Å². The van der Waals surface area contributed by atoms with Crippen LogP contribution < -0.4 is 10.5 Å². The summed E-state index contributed by atoms with van der Waals surface area (Å²) in [7, 11) is 0. The molecule has 0 radical (unpaired) electrons. The Morgan fingerprint density at radius 1 is 1.18 bits per heavy atom. The molecule has 0 saturated heterocycles. The van der Waals surface area contributed by atoms with Crippen molar-refractivity contribution in [3.8, 4) is 11.6 Å². The van der Waals surface area contributed by atoms with E-state index >= 15 is 0 Å². The van der Waals surface area contributed by atoms with Gasteiger partial charge in [0, 0.05) is 10.5 Å². The van der Waals surface area contributed by atoms with E-state index in [1.54, 1.807) is 13.0 Å². The van der Waals surface area contributed by atoms with E-state index in [4.69, 9.17) is 10.5 Å². The molecule has 0 fully saturated rings. The lowest BCUT2D eigenvalue weighted by molar-refractivity contribution is 0.457. The largest absolute Gasteiger partial charge is 0.439 e. The average molecular weight is 294 g/mol. The lowest BCUT2D eigenvalue weighted by Crippen LogP contribution is -1.98. The summed E-state index contributed by atoms with van der Waals surface area (Å²) >= 11 is 3.40. The molecule has 0 saturated carbocycles. The summed E-state index contributed by atoms with van der Waals surface area (Å²) in [5, 5.41) is 0. The molecule has 0 spiro atoms. The maximum atomic E-state index is 5.67. The second-order valence-electron chi connectivity index (χ2n) is 3.69. The molecule has 1 heterocycles. The molecule has 4 nitrogen and oxygen atoms in total. The molecule has 88 valence electrons. The number of hydrogen-bond acceptors (Lipinski definition) is 4. The molecular weight excluding hydrogens is 282 g/mol. The molecule has 5 heteroatoms. The second kappa shape index (κ2) is 4.71. The summed E-state index contributed by atoms with van der Waals surface area (Å²) in [4.78, 5) is 8.16. The zero-order valence-corrected chi connectivity index (χ0v) is 11.2. The molecule has 0 unspecified atom stereocenters. The number of nitrogens with zero attached hydrogens (tertiary/aromatic N) is 2. The van der Waals surface area contributed by atoms with E-state index in [1.807, 2.05) is 25.1 Å². The minimum atomic E-state index is 0.405. The van der Waals surface area contributed by atoms with Crippen LogP contribution in [0.3, 0.4) is 0 Å². The van der Waals surface area contributed by atoms with E-state index in [0.717, 1.165) is 15.8 Å². The minimum Gasteiger partial charge on any atom is -0.439 e. The van der Waals surface area contributed by atoms with Gasteiger partial charge in [0.05, 0.1) is 0 Å². The normalized spacial score (nSPS) is 10.3. The highest BCUT2D eigenvalue weighted by molar-refractivity contribution is 9.10. The number of hydrogen-bond donors (Lipinski definition) is 1. The molecule has 0 aliphatic carbocycles. The summed E-state index contributed by atoms with van der Waals surface area (Å²) in [5.41, 5.74) is 6.66. The third-order valence-electron chi connectivity index (χ3n) is 2.19. The minimum absolute atomic E-state index is 0.405. The fourth-order valence-electron chi connectivity index (χ4n) is 1.45. The lowest BCUT2D eigenvalue weighted by atomic mass is 10.2. The van der Waals surface area contributed by atoms with Crippen molar-refractivity contribution in [3.05, 3.63) is 40.1 Å².